The lowest BCUT2D eigenvalue weighted by atomic mass is 10.2. The third-order valence-corrected chi connectivity index (χ3v) is 4.11. The molecule has 0 spiro atoms. The van der Waals surface area contributed by atoms with Gasteiger partial charge in [0, 0.05) is 13.0 Å². The number of ether oxygens (including phenoxy) is 1. The average molecular weight is 295 g/mol. The molecule has 0 bridgehead atoms. The van der Waals surface area contributed by atoms with E-state index in [0.717, 1.165) is 4.90 Å². The first kappa shape index (κ1) is 13.2. The lowest BCUT2D eigenvalue weighted by Crippen LogP contribution is -2.27. The standard InChI is InChI=1S/C12H13N3O4S/c16-4-3-7-5-15(12(18)19-7)9-2-1-8-11(13-9)14-10(17)6-20-8/h1-2,7,16H,3-6H2,(H,13,14,17). The van der Waals surface area contributed by atoms with Gasteiger partial charge in [-0.1, -0.05) is 0 Å². The van der Waals surface area contributed by atoms with Crippen molar-refractivity contribution in [2.24, 2.45) is 0 Å². The monoisotopic (exact) mass is 295 g/mol. The largest absolute Gasteiger partial charge is 0.444 e. The number of aliphatic hydroxyl groups is 1. The number of rotatable bonds is 3. The van der Waals surface area contributed by atoms with Crippen molar-refractivity contribution in [2.45, 2.75) is 17.4 Å². The summed E-state index contributed by atoms with van der Waals surface area (Å²) in [6, 6.07) is 3.56. The zero-order valence-electron chi connectivity index (χ0n) is 10.5. The van der Waals surface area contributed by atoms with Gasteiger partial charge >= 0.3 is 6.09 Å². The fraction of sp³-hybridized carbons (Fsp3) is 0.417. The quantitative estimate of drug-likeness (QED) is 0.858. The molecule has 3 heterocycles. The molecule has 1 unspecified atom stereocenters. The van der Waals surface area contributed by atoms with Crippen molar-refractivity contribution in [3.63, 3.8) is 0 Å². The normalized spacial score (nSPS) is 21.4. The van der Waals surface area contributed by atoms with Crippen LogP contribution in [0.25, 0.3) is 0 Å². The molecule has 3 rings (SSSR count). The van der Waals surface area contributed by atoms with Gasteiger partial charge in [-0.05, 0) is 12.1 Å². The Morgan fingerprint density at radius 2 is 2.35 bits per heavy atom. The Kier molecular flexibility index (Phi) is 3.49. The van der Waals surface area contributed by atoms with Crippen LogP contribution in [0.3, 0.4) is 0 Å². The Hall–Kier alpha value is -1.80. The number of pyridine rings is 1. The van der Waals surface area contributed by atoms with Crippen molar-refractivity contribution in [1.29, 1.82) is 0 Å². The van der Waals surface area contributed by atoms with E-state index < -0.39 is 6.09 Å². The van der Waals surface area contributed by atoms with Gasteiger partial charge in [-0.25, -0.2) is 9.78 Å². The zero-order chi connectivity index (χ0) is 14.1. The Morgan fingerprint density at radius 3 is 3.15 bits per heavy atom. The maximum absolute atomic E-state index is 11.8. The fourth-order valence-electron chi connectivity index (χ4n) is 2.11. The van der Waals surface area contributed by atoms with Crippen molar-refractivity contribution in [1.82, 2.24) is 4.98 Å². The molecule has 1 aromatic heterocycles. The van der Waals surface area contributed by atoms with Crippen LogP contribution < -0.4 is 10.2 Å². The van der Waals surface area contributed by atoms with Gasteiger partial charge in [-0.15, -0.1) is 11.8 Å². The number of aromatic nitrogens is 1. The van der Waals surface area contributed by atoms with Gasteiger partial charge < -0.3 is 15.2 Å². The number of amides is 2. The van der Waals surface area contributed by atoms with E-state index in [1.54, 1.807) is 6.07 Å². The van der Waals surface area contributed by atoms with Crippen LogP contribution in [-0.4, -0.2) is 47.1 Å². The number of nitrogens with zero attached hydrogens (tertiary/aromatic N) is 2. The summed E-state index contributed by atoms with van der Waals surface area (Å²) in [5.74, 6) is 1.19. The Bertz CT molecular complexity index is 566. The minimum Gasteiger partial charge on any atom is -0.444 e. The van der Waals surface area contributed by atoms with Crippen LogP contribution in [0.1, 0.15) is 6.42 Å². The van der Waals surface area contributed by atoms with Gasteiger partial charge in [0.05, 0.1) is 17.2 Å². The van der Waals surface area contributed by atoms with Crippen molar-refractivity contribution < 1.29 is 19.4 Å². The second kappa shape index (κ2) is 5.29. The molecular formula is C12H13N3O4S. The molecule has 1 fully saturated rings. The lowest BCUT2D eigenvalue weighted by molar-refractivity contribution is -0.113. The van der Waals surface area contributed by atoms with Crippen LogP contribution in [0, 0.1) is 0 Å². The summed E-state index contributed by atoms with van der Waals surface area (Å²) in [5, 5.41) is 11.6. The van der Waals surface area contributed by atoms with E-state index in [1.807, 2.05) is 6.07 Å². The number of thioether (sulfide) groups is 1. The predicted octanol–water partition coefficient (Wildman–Crippen LogP) is 0.833. The van der Waals surface area contributed by atoms with Crippen molar-refractivity contribution in [3.8, 4) is 0 Å². The summed E-state index contributed by atoms with van der Waals surface area (Å²) >= 11 is 1.42. The molecule has 8 heteroatoms. The first-order valence-corrected chi connectivity index (χ1v) is 7.18. The summed E-state index contributed by atoms with van der Waals surface area (Å²) < 4.78 is 5.13. The molecule has 0 aliphatic carbocycles. The lowest BCUT2D eigenvalue weighted by Gasteiger charge is -2.18. The highest BCUT2D eigenvalue weighted by molar-refractivity contribution is 8.00. The molecule has 2 aliphatic rings. The van der Waals surface area contributed by atoms with Gasteiger partial charge in [-0.2, -0.15) is 0 Å². The number of carbonyl (C=O) groups is 2. The molecule has 0 aromatic carbocycles. The van der Waals surface area contributed by atoms with Crippen molar-refractivity contribution >= 4 is 35.4 Å². The average Bonchev–Trinajstić information content (AvgIpc) is 2.79. The number of fused-ring (bicyclic) bond motifs is 1. The first-order chi connectivity index (χ1) is 9.67. The molecule has 1 aromatic rings. The highest BCUT2D eigenvalue weighted by atomic mass is 32.2. The summed E-state index contributed by atoms with van der Waals surface area (Å²) in [7, 11) is 0. The molecule has 1 saturated heterocycles. The number of carbonyl (C=O) groups excluding carboxylic acids is 2. The van der Waals surface area contributed by atoms with Crippen LogP contribution in [0.5, 0.6) is 0 Å². The van der Waals surface area contributed by atoms with E-state index in [-0.39, 0.29) is 18.6 Å². The smallest absolute Gasteiger partial charge is 0.415 e. The highest BCUT2D eigenvalue weighted by Crippen LogP contribution is 2.32. The molecule has 7 nitrogen and oxygen atoms in total. The summed E-state index contributed by atoms with van der Waals surface area (Å²) in [4.78, 5) is 29.7. The number of anilines is 2. The van der Waals surface area contributed by atoms with Crippen molar-refractivity contribution in [2.75, 3.05) is 29.1 Å². The fourth-order valence-corrected chi connectivity index (χ4v) is 2.86. The zero-order valence-corrected chi connectivity index (χ0v) is 11.4. The topological polar surface area (TPSA) is 91.8 Å². The van der Waals surface area contributed by atoms with Crippen LogP contribution in [0.4, 0.5) is 16.4 Å². The minimum absolute atomic E-state index is 0.0316. The van der Waals surface area contributed by atoms with E-state index in [2.05, 4.69) is 10.3 Å². The summed E-state index contributed by atoms with van der Waals surface area (Å²) in [6.07, 6.45) is -0.403. The number of cyclic esters (lactones) is 1. The predicted molar refractivity (Wildman–Crippen MR) is 72.9 cm³/mol. The molecule has 0 saturated carbocycles. The van der Waals surface area contributed by atoms with E-state index in [1.165, 1.54) is 16.7 Å². The second-order valence-corrected chi connectivity index (χ2v) is 5.50. The van der Waals surface area contributed by atoms with Crippen LogP contribution >= 0.6 is 11.8 Å². The maximum atomic E-state index is 11.8. The maximum Gasteiger partial charge on any atom is 0.415 e. The number of hydrogen-bond acceptors (Lipinski definition) is 6. The number of aliphatic hydroxyl groups excluding tert-OH is 1. The Labute approximate surface area is 119 Å². The van der Waals surface area contributed by atoms with Gasteiger partial charge in [0.1, 0.15) is 17.7 Å². The molecular weight excluding hydrogens is 282 g/mol. The molecule has 2 aliphatic heterocycles. The number of hydrogen-bond donors (Lipinski definition) is 2. The third kappa shape index (κ3) is 2.44. The van der Waals surface area contributed by atoms with Gasteiger partial charge in [-0.3, -0.25) is 9.69 Å². The highest BCUT2D eigenvalue weighted by Gasteiger charge is 2.33. The molecule has 0 radical (unpaired) electrons. The van der Waals surface area contributed by atoms with Gasteiger partial charge in [0.25, 0.3) is 0 Å². The summed E-state index contributed by atoms with van der Waals surface area (Å²) in [6.45, 7) is 0.322. The molecule has 1 atom stereocenters. The third-order valence-electron chi connectivity index (χ3n) is 3.06. The number of nitrogens with one attached hydrogen (secondary N) is 1. The van der Waals surface area contributed by atoms with E-state index in [9.17, 15) is 9.59 Å². The van der Waals surface area contributed by atoms with Crippen LogP contribution in [0.2, 0.25) is 0 Å². The Morgan fingerprint density at radius 1 is 1.50 bits per heavy atom. The molecule has 20 heavy (non-hydrogen) atoms. The minimum atomic E-state index is -0.481. The Balaban J connectivity index is 1.82. The van der Waals surface area contributed by atoms with Gasteiger partial charge in [0.2, 0.25) is 5.91 Å². The summed E-state index contributed by atoms with van der Waals surface area (Å²) in [5.41, 5.74) is 0. The molecule has 2 amide bonds. The van der Waals surface area contributed by atoms with E-state index in [4.69, 9.17) is 9.84 Å². The SMILES string of the molecule is O=C1CSc2ccc(N3CC(CCO)OC3=O)nc2N1. The van der Waals surface area contributed by atoms with Gasteiger partial charge in [0.15, 0.2) is 0 Å². The molecule has 106 valence electrons. The first-order valence-electron chi connectivity index (χ1n) is 6.20. The van der Waals surface area contributed by atoms with Crippen LogP contribution in [-0.2, 0) is 9.53 Å². The van der Waals surface area contributed by atoms with E-state index >= 15 is 0 Å². The van der Waals surface area contributed by atoms with Crippen molar-refractivity contribution in [3.05, 3.63) is 12.1 Å². The van der Waals surface area contributed by atoms with Crippen LogP contribution in [0.15, 0.2) is 17.0 Å². The van der Waals surface area contributed by atoms with E-state index in [0.29, 0.717) is 30.4 Å². The second-order valence-electron chi connectivity index (χ2n) is 4.48. The molecule has 2 N–H and O–H groups in total.